The molecule has 1 aromatic rings. The van der Waals surface area contributed by atoms with Gasteiger partial charge in [0.1, 0.15) is 5.53 Å². The van der Waals surface area contributed by atoms with Gasteiger partial charge in [-0.15, -0.1) is 0 Å². The zero-order chi connectivity index (χ0) is 11.6. The quantitative estimate of drug-likeness (QED) is 0.579. The molecule has 0 bridgehead atoms. The molecule has 0 aliphatic heterocycles. The molecular formula is C7H3Cl2F3N3+. The second-order valence-corrected chi connectivity index (χ2v) is 3.24. The SMILES string of the molecule is N=[N+]=Nc1ccc(Cl)c(C(F)(F)F)c1Cl. The molecule has 0 saturated heterocycles. The Kier molecular flexibility index (Phi) is 3.34. The number of nitrogens with zero attached hydrogens (tertiary/aromatic N) is 2. The van der Waals surface area contributed by atoms with Crippen molar-refractivity contribution in [1.29, 1.82) is 5.53 Å². The second-order valence-electron chi connectivity index (χ2n) is 2.45. The molecule has 1 N–H and O–H groups in total. The van der Waals surface area contributed by atoms with E-state index in [0.29, 0.717) is 0 Å². The van der Waals surface area contributed by atoms with Crippen molar-refractivity contribution < 1.29 is 13.2 Å². The van der Waals surface area contributed by atoms with Crippen LogP contribution in [0.1, 0.15) is 5.56 Å². The Morgan fingerprint density at radius 1 is 1.27 bits per heavy atom. The predicted molar refractivity (Wildman–Crippen MR) is 48.4 cm³/mol. The van der Waals surface area contributed by atoms with Crippen molar-refractivity contribution in [2.24, 2.45) is 5.11 Å². The lowest BCUT2D eigenvalue weighted by Crippen LogP contribution is -2.06. The summed E-state index contributed by atoms with van der Waals surface area (Å²) in [5.74, 6) is 0. The van der Waals surface area contributed by atoms with Crippen LogP contribution in [0.2, 0.25) is 10.0 Å². The van der Waals surface area contributed by atoms with Crippen LogP contribution in [0.15, 0.2) is 17.2 Å². The van der Waals surface area contributed by atoms with Crippen molar-refractivity contribution in [3.63, 3.8) is 0 Å². The van der Waals surface area contributed by atoms with E-state index < -0.39 is 21.8 Å². The third kappa shape index (κ3) is 2.47. The van der Waals surface area contributed by atoms with Crippen LogP contribution in [0.5, 0.6) is 0 Å². The molecule has 0 fully saturated rings. The summed E-state index contributed by atoms with van der Waals surface area (Å²) < 4.78 is 37.3. The largest absolute Gasteiger partial charge is 0.419 e. The van der Waals surface area contributed by atoms with Gasteiger partial charge < -0.3 is 0 Å². The van der Waals surface area contributed by atoms with Gasteiger partial charge in [-0.1, -0.05) is 23.2 Å². The van der Waals surface area contributed by atoms with E-state index in [1.807, 2.05) is 0 Å². The average molecular weight is 257 g/mol. The molecule has 0 aliphatic carbocycles. The van der Waals surface area contributed by atoms with Crippen LogP contribution < -0.4 is 4.91 Å². The molecule has 80 valence electrons. The van der Waals surface area contributed by atoms with Gasteiger partial charge in [-0.05, 0) is 12.1 Å². The molecule has 0 atom stereocenters. The minimum Gasteiger partial charge on any atom is -0.166 e. The highest BCUT2D eigenvalue weighted by Gasteiger charge is 2.37. The highest BCUT2D eigenvalue weighted by Crippen LogP contribution is 2.43. The number of alkyl halides is 3. The summed E-state index contributed by atoms with van der Waals surface area (Å²) >= 11 is 10.8. The fourth-order valence-electron chi connectivity index (χ4n) is 0.932. The Morgan fingerprint density at radius 2 is 1.87 bits per heavy atom. The van der Waals surface area contributed by atoms with Gasteiger partial charge in [0.25, 0.3) is 0 Å². The number of hydrogen-bond donors (Lipinski definition) is 1. The second kappa shape index (κ2) is 4.18. The van der Waals surface area contributed by atoms with E-state index in [2.05, 4.69) is 10.0 Å². The zero-order valence-electron chi connectivity index (χ0n) is 6.94. The lowest BCUT2D eigenvalue weighted by atomic mass is 10.2. The summed E-state index contributed by atoms with van der Waals surface area (Å²) in [6.45, 7) is 0. The highest BCUT2D eigenvalue weighted by atomic mass is 35.5. The number of halogens is 5. The minimum absolute atomic E-state index is 0.247. The van der Waals surface area contributed by atoms with Crippen LogP contribution in [-0.4, -0.2) is 0 Å². The van der Waals surface area contributed by atoms with E-state index in [9.17, 15) is 13.2 Å². The van der Waals surface area contributed by atoms with Crippen molar-refractivity contribution in [2.45, 2.75) is 6.18 Å². The maximum Gasteiger partial charge on any atom is 0.419 e. The molecule has 15 heavy (non-hydrogen) atoms. The van der Waals surface area contributed by atoms with Gasteiger partial charge in [-0.2, -0.15) is 13.2 Å². The first-order valence-corrected chi connectivity index (χ1v) is 4.26. The summed E-state index contributed by atoms with van der Waals surface area (Å²) in [5.41, 5.74) is 4.98. The summed E-state index contributed by atoms with van der Waals surface area (Å²) in [5, 5.41) is 1.94. The molecule has 8 heteroatoms. The third-order valence-corrected chi connectivity index (χ3v) is 2.21. The number of rotatable bonds is 1. The molecule has 0 heterocycles. The van der Waals surface area contributed by atoms with Crippen LogP contribution in [0.25, 0.3) is 0 Å². The Bertz CT molecular complexity index is 438. The van der Waals surface area contributed by atoms with Crippen molar-refractivity contribution in [3.8, 4) is 0 Å². The molecule has 1 aromatic carbocycles. The normalized spacial score (nSPS) is 11.0. The molecule has 0 spiro atoms. The predicted octanol–water partition coefficient (Wildman–Crippen LogP) is 4.19. The lowest BCUT2D eigenvalue weighted by Gasteiger charge is -2.10. The topological polar surface area (TPSA) is 50.3 Å². The highest BCUT2D eigenvalue weighted by molar-refractivity contribution is 6.37. The van der Waals surface area contributed by atoms with Crippen molar-refractivity contribution in [1.82, 2.24) is 4.91 Å². The number of benzene rings is 1. The fourth-order valence-corrected chi connectivity index (χ4v) is 1.56. The van der Waals surface area contributed by atoms with Crippen LogP contribution in [0, 0.1) is 5.53 Å². The molecule has 3 nitrogen and oxygen atoms in total. The number of nitrogens with one attached hydrogen (secondary N) is 1. The van der Waals surface area contributed by atoms with Gasteiger partial charge >= 0.3 is 6.18 Å². The van der Waals surface area contributed by atoms with E-state index in [1.165, 1.54) is 0 Å². The van der Waals surface area contributed by atoms with Crippen LogP contribution in [0.3, 0.4) is 0 Å². The van der Waals surface area contributed by atoms with E-state index >= 15 is 0 Å². The van der Waals surface area contributed by atoms with Gasteiger partial charge in [-0.25, -0.2) is 0 Å². The van der Waals surface area contributed by atoms with Crippen LogP contribution in [0.4, 0.5) is 18.9 Å². The first-order chi connectivity index (χ1) is 6.88. The van der Waals surface area contributed by atoms with Gasteiger partial charge in [0, 0.05) is 0 Å². The molecule has 0 radical (unpaired) electrons. The van der Waals surface area contributed by atoms with Gasteiger partial charge in [0.15, 0.2) is 10.8 Å². The monoisotopic (exact) mass is 256 g/mol. The van der Waals surface area contributed by atoms with E-state index in [1.54, 1.807) is 0 Å². The first-order valence-electron chi connectivity index (χ1n) is 3.50. The van der Waals surface area contributed by atoms with Crippen LogP contribution >= 0.6 is 23.2 Å². The van der Waals surface area contributed by atoms with Crippen molar-refractivity contribution in [2.75, 3.05) is 0 Å². The molecule has 0 amide bonds. The standard InChI is InChI=1S/C7H3Cl2F3N3/c8-3-1-2-4(14-15-13)6(9)5(3)7(10,11)12/h1-2,13H/q+1. The molecule has 0 aliphatic rings. The zero-order valence-corrected chi connectivity index (χ0v) is 8.45. The Balaban J connectivity index is 3.50. The Hall–Kier alpha value is -1.10. The van der Waals surface area contributed by atoms with E-state index in [-0.39, 0.29) is 5.69 Å². The van der Waals surface area contributed by atoms with Gasteiger partial charge in [0.05, 0.1) is 15.6 Å². The summed E-state index contributed by atoms with van der Waals surface area (Å²) in [6, 6.07) is 2.15. The first kappa shape index (κ1) is 12.0. The molecular weight excluding hydrogens is 254 g/mol. The van der Waals surface area contributed by atoms with E-state index in [4.69, 9.17) is 28.7 Å². The average Bonchev–Trinajstić information content (AvgIpc) is 2.08. The smallest absolute Gasteiger partial charge is 0.166 e. The molecule has 0 unspecified atom stereocenters. The number of hydrogen-bond acceptors (Lipinski definition) is 2. The minimum atomic E-state index is -4.66. The fraction of sp³-hybridized carbons (Fsp3) is 0.143. The maximum absolute atomic E-state index is 12.4. The summed E-state index contributed by atoms with van der Waals surface area (Å²) in [7, 11) is 0. The molecule has 0 aromatic heterocycles. The molecule has 1 rings (SSSR count). The third-order valence-electron chi connectivity index (χ3n) is 1.51. The lowest BCUT2D eigenvalue weighted by molar-refractivity contribution is -0.137. The van der Waals surface area contributed by atoms with Crippen molar-refractivity contribution in [3.05, 3.63) is 27.7 Å². The Morgan fingerprint density at radius 3 is 2.33 bits per heavy atom. The molecule has 0 saturated carbocycles. The maximum atomic E-state index is 12.4. The Labute approximate surface area is 92.0 Å². The summed E-state index contributed by atoms with van der Waals surface area (Å²) in [6.07, 6.45) is -4.66. The van der Waals surface area contributed by atoms with Gasteiger partial charge in [0.2, 0.25) is 4.91 Å². The van der Waals surface area contributed by atoms with Crippen LogP contribution in [-0.2, 0) is 6.18 Å². The van der Waals surface area contributed by atoms with E-state index in [0.717, 1.165) is 12.1 Å². The summed E-state index contributed by atoms with van der Waals surface area (Å²) in [4.78, 5) is 2.60. The van der Waals surface area contributed by atoms with Gasteiger partial charge in [-0.3, -0.25) is 0 Å². The van der Waals surface area contributed by atoms with Crippen molar-refractivity contribution >= 4 is 28.9 Å².